The quantitative estimate of drug-likeness (QED) is 0.718. The fraction of sp³-hybridized carbons (Fsp3) is 0.0667. The number of nitrogens with two attached hydrogens (primary N) is 1. The van der Waals surface area contributed by atoms with Gasteiger partial charge in [-0.15, -0.1) is 11.3 Å². The van der Waals surface area contributed by atoms with Crippen molar-refractivity contribution in [2.75, 3.05) is 11.1 Å². The third-order valence-electron chi connectivity index (χ3n) is 3.17. The van der Waals surface area contributed by atoms with Gasteiger partial charge in [0.05, 0.1) is 10.4 Å². The summed E-state index contributed by atoms with van der Waals surface area (Å²) in [6.07, 6.45) is 3.39. The van der Waals surface area contributed by atoms with Crippen molar-refractivity contribution >= 4 is 54.6 Å². The lowest BCUT2D eigenvalue weighted by atomic mass is 10.2. The summed E-state index contributed by atoms with van der Waals surface area (Å²) in [5, 5.41) is 3.74. The molecule has 106 valence electrons. The van der Waals surface area contributed by atoms with E-state index in [4.69, 9.17) is 5.73 Å². The molecule has 0 fully saturated rings. The summed E-state index contributed by atoms with van der Waals surface area (Å²) in [7, 11) is 0. The number of nitrogens with one attached hydrogen (secondary N) is 1. The number of carbonyl (C=O) groups excluding carboxylic acids is 1. The SMILES string of the molecule is Cc1ccc(NC(=O)c2sc3cnccc3c2N)cc1Br. The second-order valence-corrected chi connectivity index (χ2v) is 6.54. The molecule has 0 unspecified atom stereocenters. The molecule has 2 heterocycles. The summed E-state index contributed by atoms with van der Waals surface area (Å²) < 4.78 is 1.86. The number of nitrogen functional groups attached to an aromatic ring is 1. The number of benzene rings is 1. The van der Waals surface area contributed by atoms with Crippen LogP contribution in [0.15, 0.2) is 41.1 Å². The summed E-state index contributed by atoms with van der Waals surface area (Å²) in [5.74, 6) is -0.204. The van der Waals surface area contributed by atoms with Crippen molar-refractivity contribution < 1.29 is 4.79 Å². The van der Waals surface area contributed by atoms with Gasteiger partial charge >= 0.3 is 0 Å². The maximum Gasteiger partial charge on any atom is 0.267 e. The Bertz CT molecular complexity index is 844. The van der Waals surface area contributed by atoms with E-state index in [9.17, 15) is 4.79 Å². The van der Waals surface area contributed by atoms with Crippen LogP contribution in [0, 0.1) is 6.92 Å². The standard InChI is InChI=1S/C15H12BrN3OS/c1-8-2-3-9(6-11(8)16)19-15(20)14-13(17)10-4-5-18-7-12(10)21-14/h2-7H,17H2,1H3,(H,19,20). The van der Waals surface area contributed by atoms with Gasteiger partial charge in [-0.3, -0.25) is 9.78 Å². The van der Waals surface area contributed by atoms with Gasteiger partial charge in [-0.25, -0.2) is 0 Å². The van der Waals surface area contributed by atoms with Crippen molar-refractivity contribution in [1.82, 2.24) is 4.98 Å². The van der Waals surface area contributed by atoms with Crippen molar-refractivity contribution in [2.45, 2.75) is 6.92 Å². The smallest absolute Gasteiger partial charge is 0.267 e. The van der Waals surface area contributed by atoms with Crippen LogP contribution in [-0.4, -0.2) is 10.9 Å². The van der Waals surface area contributed by atoms with E-state index in [0.717, 1.165) is 25.8 Å². The molecule has 0 radical (unpaired) electrons. The lowest BCUT2D eigenvalue weighted by molar-refractivity contribution is 0.103. The number of carbonyl (C=O) groups is 1. The van der Waals surface area contributed by atoms with E-state index in [0.29, 0.717) is 10.6 Å². The fourth-order valence-corrected chi connectivity index (χ4v) is 3.36. The normalized spacial score (nSPS) is 10.8. The van der Waals surface area contributed by atoms with Crippen LogP contribution >= 0.6 is 27.3 Å². The monoisotopic (exact) mass is 361 g/mol. The highest BCUT2D eigenvalue weighted by molar-refractivity contribution is 9.10. The van der Waals surface area contributed by atoms with Crippen LogP contribution < -0.4 is 11.1 Å². The van der Waals surface area contributed by atoms with Crippen LogP contribution in [0.4, 0.5) is 11.4 Å². The largest absolute Gasteiger partial charge is 0.397 e. The van der Waals surface area contributed by atoms with Gasteiger partial charge in [0.2, 0.25) is 0 Å². The van der Waals surface area contributed by atoms with Crippen LogP contribution in [0.2, 0.25) is 0 Å². The van der Waals surface area contributed by atoms with Crippen molar-refractivity contribution in [1.29, 1.82) is 0 Å². The van der Waals surface area contributed by atoms with E-state index in [1.807, 2.05) is 31.2 Å². The van der Waals surface area contributed by atoms with Crippen molar-refractivity contribution in [3.63, 3.8) is 0 Å². The zero-order chi connectivity index (χ0) is 15.0. The zero-order valence-electron chi connectivity index (χ0n) is 11.2. The van der Waals surface area contributed by atoms with Crippen LogP contribution in [0.1, 0.15) is 15.2 Å². The Hall–Kier alpha value is -1.92. The number of amides is 1. The van der Waals surface area contributed by atoms with Gasteiger partial charge in [0.15, 0.2) is 0 Å². The summed E-state index contributed by atoms with van der Waals surface area (Å²) in [6, 6.07) is 7.50. The van der Waals surface area contributed by atoms with Crippen molar-refractivity contribution in [2.24, 2.45) is 0 Å². The average Bonchev–Trinajstić information content (AvgIpc) is 2.81. The highest BCUT2D eigenvalue weighted by Crippen LogP contribution is 2.33. The number of hydrogen-bond donors (Lipinski definition) is 2. The summed E-state index contributed by atoms with van der Waals surface area (Å²) in [6.45, 7) is 1.99. The summed E-state index contributed by atoms with van der Waals surface area (Å²) in [5.41, 5.74) is 8.40. The molecule has 1 amide bonds. The third kappa shape index (κ3) is 2.64. The van der Waals surface area contributed by atoms with Gasteiger partial charge in [0, 0.05) is 27.9 Å². The number of anilines is 2. The predicted molar refractivity (Wildman–Crippen MR) is 90.9 cm³/mol. The van der Waals surface area contributed by atoms with E-state index < -0.39 is 0 Å². The van der Waals surface area contributed by atoms with Gasteiger partial charge in [0.1, 0.15) is 4.88 Å². The Balaban J connectivity index is 1.93. The number of rotatable bonds is 2. The second-order valence-electron chi connectivity index (χ2n) is 4.63. The Morgan fingerprint density at radius 1 is 1.38 bits per heavy atom. The molecule has 0 aliphatic rings. The fourth-order valence-electron chi connectivity index (χ4n) is 2.00. The number of fused-ring (bicyclic) bond motifs is 1. The molecule has 3 N–H and O–H groups in total. The molecule has 0 atom stereocenters. The Morgan fingerprint density at radius 2 is 2.19 bits per heavy atom. The number of aryl methyl sites for hydroxylation is 1. The van der Waals surface area contributed by atoms with E-state index in [-0.39, 0.29) is 5.91 Å². The zero-order valence-corrected chi connectivity index (χ0v) is 13.6. The molecule has 21 heavy (non-hydrogen) atoms. The molecule has 3 aromatic rings. The van der Waals surface area contributed by atoms with Gasteiger partial charge in [-0.05, 0) is 30.7 Å². The number of nitrogens with zero attached hydrogens (tertiary/aromatic N) is 1. The average molecular weight is 362 g/mol. The van der Waals surface area contributed by atoms with E-state index in [1.165, 1.54) is 11.3 Å². The predicted octanol–water partition coefficient (Wildman–Crippen LogP) is 4.20. The molecule has 6 heteroatoms. The minimum Gasteiger partial charge on any atom is -0.397 e. The first kappa shape index (κ1) is 14.0. The molecular formula is C15H12BrN3OS. The van der Waals surface area contributed by atoms with Crippen LogP contribution in [0.3, 0.4) is 0 Å². The molecule has 0 spiro atoms. The number of pyridine rings is 1. The molecule has 1 aromatic carbocycles. The van der Waals surface area contributed by atoms with Gasteiger partial charge in [-0.1, -0.05) is 22.0 Å². The Labute approximate surface area is 134 Å². The molecule has 0 aliphatic carbocycles. The first-order valence-corrected chi connectivity index (χ1v) is 7.86. The lowest BCUT2D eigenvalue weighted by Gasteiger charge is -2.06. The van der Waals surface area contributed by atoms with Crippen LogP contribution in [0.25, 0.3) is 10.1 Å². The molecule has 2 aromatic heterocycles. The Kier molecular flexibility index (Phi) is 3.65. The molecule has 0 bridgehead atoms. The highest BCUT2D eigenvalue weighted by Gasteiger charge is 2.16. The van der Waals surface area contributed by atoms with Crippen molar-refractivity contribution in [3.05, 3.63) is 51.6 Å². The van der Waals surface area contributed by atoms with Gasteiger partial charge in [0.25, 0.3) is 5.91 Å². The minimum absolute atomic E-state index is 0.204. The maximum atomic E-state index is 12.4. The first-order valence-electron chi connectivity index (χ1n) is 6.26. The summed E-state index contributed by atoms with van der Waals surface area (Å²) >= 11 is 4.80. The van der Waals surface area contributed by atoms with E-state index >= 15 is 0 Å². The third-order valence-corrected chi connectivity index (χ3v) is 5.18. The van der Waals surface area contributed by atoms with Gasteiger partial charge in [-0.2, -0.15) is 0 Å². The number of thiophene rings is 1. The minimum atomic E-state index is -0.204. The number of halogens is 1. The molecule has 3 rings (SSSR count). The molecular weight excluding hydrogens is 350 g/mol. The first-order chi connectivity index (χ1) is 10.1. The molecule has 0 saturated carbocycles. The lowest BCUT2D eigenvalue weighted by Crippen LogP contribution is -2.11. The Morgan fingerprint density at radius 3 is 2.90 bits per heavy atom. The number of aromatic nitrogens is 1. The second kappa shape index (κ2) is 5.46. The topological polar surface area (TPSA) is 68.0 Å². The summed E-state index contributed by atoms with van der Waals surface area (Å²) in [4.78, 5) is 16.9. The molecule has 4 nitrogen and oxygen atoms in total. The van der Waals surface area contributed by atoms with Crippen molar-refractivity contribution in [3.8, 4) is 0 Å². The molecule has 0 aliphatic heterocycles. The van der Waals surface area contributed by atoms with E-state index in [1.54, 1.807) is 12.4 Å². The van der Waals surface area contributed by atoms with E-state index in [2.05, 4.69) is 26.2 Å². The molecule has 0 saturated heterocycles. The van der Waals surface area contributed by atoms with Gasteiger partial charge < -0.3 is 11.1 Å². The van der Waals surface area contributed by atoms with Crippen LogP contribution in [0.5, 0.6) is 0 Å². The maximum absolute atomic E-state index is 12.4. The van der Waals surface area contributed by atoms with Crippen LogP contribution in [-0.2, 0) is 0 Å². The number of hydrogen-bond acceptors (Lipinski definition) is 4. The highest BCUT2D eigenvalue weighted by atomic mass is 79.9.